The van der Waals surface area contributed by atoms with Gasteiger partial charge in [0.1, 0.15) is 0 Å². The molecule has 0 radical (unpaired) electrons. The highest BCUT2D eigenvalue weighted by Crippen LogP contribution is 2.57. The summed E-state index contributed by atoms with van der Waals surface area (Å²) < 4.78 is 0. The third kappa shape index (κ3) is 5.04. The second-order valence-electron chi connectivity index (χ2n) is 13.1. The predicted octanol–water partition coefficient (Wildman–Crippen LogP) is 6.69. The molecule has 3 fully saturated rings. The van der Waals surface area contributed by atoms with Gasteiger partial charge in [-0.25, -0.2) is 0 Å². The molecular formula is C31H49N3S. The quantitative estimate of drug-likeness (QED) is 0.445. The molecule has 0 bridgehead atoms. The fraction of sp³-hybridized carbons (Fsp3) is 0.774. The van der Waals surface area contributed by atoms with E-state index >= 15 is 0 Å². The lowest BCUT2D eigenvalue weighted by molar-refractivity contribution is 0.0291. The second kappa shape index (κ2) is 10.3. The number of nitrogens with one attached hydrogen (secondary N) is 2. The molecule has 2 N–H and O–H groups in total. The highest BCUT2D eigenvalue weighted by Gasteiger charge is 2.51. The fourth-order valence-corrected chi connectivity index (χ4v) is 8.73. The number of thiocarbonyl (C=S) groups is 1. The van der Waals surface area contributed by atoms with Gasteiger partial charge in [-0.15, -0.1) is 0 Å². The Hall–Kier alpha value is -1.13. The maximum absolute atomic E-state index is 5.92. The van der Waals surface area contributed by atoms with Crippen molar-refractivity contribution in [3.63, 3.8) is 0 Å². The van der Waals surface area contributed by atoms with Gasteiger partial charge in [-0.2, -0.15) is 0 Å². The van der Waals surface area contributed by atoms with E-state index in [2.05, 4.69) is 61.4 Å². The van der Waals surface area contributed by atoms with Crippen molar-refractivity contribution in [1.82, 2.24) is 15.5 Å². The summed E-state index contributed by atoms with van der Waals surface area (Å²) in [7, 11) is 0. The molecule has 3 aliphatic carbocycles. The topological polar surface area (TPSA) is 27.3 Å². The van der Waals surface area contributed by atoms with Gasteiger partial charge in [-0.05, 0) is 116 Å². The predicted molar refractivity (Wildman–Crippen MR) is 152 cm³/mol. The van der Waals surface area contributed by atoms with Gasteiger partial charge in [-0.3, -0.25) is 4.90 Å². The van der Waals surface area contributed by atoms with Crippen LogP contribution in [0.2, 0.25) is 0 Å². The first-order valence-corrected chi connectivity index (χ1v) is 15.1. The van der Waals surface area contributed by atoms with Gasteiger partial charge in [0.2, 0.25) is 0 Å². The monoisotopic (exact) mass is 495 g/mol. The molecule has 194 valence electrons. The normalized spacial score (nSPS) is 35.4. The summed E-state index contributed by atoms with van der Waals surface area (Å²) in [6.45, 7) is 13.3. The van der Waals surface area contributed by atoms with Crippen LogP contribution in [0.5, 0.6) is 0 Å². The van der Waals surface area contributed by atoms with E-state index in [1.807, 2.05) is 0 Å². The van der Waals surface area contributed by atoms with Crippen LogP contribution in [0.4, 0.5) is 0 Å². The minimum Gasteiger partial charge on any atom is -0.362 e. The summed E-state index contributed by atoms with van der Waals surface area (Å²) in [5.74, 6) is 1.32. The van der Waals surface area contributed by atoms with Crippen molar-refractivity contribution in [2.45, 2.75) is 122 Å². The Morgan fingerprint density at radius 1 is 1.03 bits per heavy atom. The van der Waals surface area contributed by atoms with Crippen LogP contribution in [-0.2, 0) is 11.8 Å². The largest absolute Gasteiger partial charge is 0.362 e. The van der Waals surface area contributed by atoms with Crippen LogP contribution >= 0.6 is 12.2 Å². The van der Waals surface area contributed by atoms with E-state index in [-0.39, 0.29) is 10.8 Å². The molecule has 2 saturated carbocycles. The lowest BCUT2D eigenvalue weighted by Gasteiger charge is -2.55. The lowest BCUT2D eigenvalue weighted by Crippen LogP contribution is -2.57. The van der Waals surface area contributed by atoms with E-state index in [1.165, 1.54) is 89.3 Å². The zero-order valence-electron chi connectivity index (χ0n) is 22.8. The first kappa shape index (κ1) is 25.5. The molecule has 5 atom stereocenters. The molecule has 0 amide bonds. The molecule has 1 aromatic carbocycles. The molecule has 4 heteroatoms. The molecule has 0 spiro atoms. The Labute approximate surface area is 220 Å². The summed E-state index contributed by atoms with van der Waals surface area (Å²) in [6.07, 6.45) is 14.5. The Morgan fingerprint density at radius 3 is 2.57 bits per heavy atom. The minimum atomic E-state index is 0.286. The summed E-state index contributed by atoms with van der Waals surface area (Å²) in [4.78, 5) is 2.73. The highest BCUT2D eigenvalue weighted by molar-refractivity contribution is 7.80. The van der Waals surface area contributed by atoms with Crippen LogP contribution in [0.1, 0.15) is 115 Å². The zero-order valence-corrected chi connectivity index (χ0v) is 23.6. The van der Waals surface area contributed by atoms with Crippen molar-refractivity contribution in [3.8, 4) is 0 Å². The summed E-state index contributed by atoms with van der Waals surface area (Å²) >= 11 is 5.92. The Morgan fingerprint density at radius 2 is 1.80 bits per heavy atom. The molecule has 4 aliphatic rings. The average molecular weight is 496 g/mol. The third-order valence-electron chi connectivity index (χ3n) is 10.5. The number of likely N-dealkylation sites (tertiary alicyclic amines) is 1. The van der Waals surface area contributed by atoms with Gasteiger partial charge < -0.3 is 10.6 Å². The first-order valence-electron chi connectivity index (χ1n) is 14.7. The molecule has 1 aromatic rings. The van der Waals surface area contributed by atoms with Crippen molar-refractivity contribution in [3.05, 3.63) is 34.9 Å². The molecule has 1 heterocycles. The average Bonchev–Trinajstić information content (AvgIpc) is 3.38. The SMILES string of the molecule is CC(C)c1ccc2c(c1)CC[C@H]1[C@](C)(CNC(=S)N[C@@H]3CCCC[C@@H]3N3CCCC3)CCC[C@]21C. The fourth-order valence-electron chi connectivity index (χ4n) is 8.51. The second-order valence-corrected chi connectivity index (χ2v) is 13.5. The van der Waals surface area contributed by atoms with E-state index in [9.17, 15) is 0 Å². The van der Waals surface area contributed by atoms with E-state index in [1.54, 1.807) is 11.1 Å². The van der Waals surface area contributed by atoms with Gasteiger partial charge in [0.15, 0.2) is 5.11 Å². The van der Waals surface area contributed by atoms with Gasteiger partial charge in [0.05, 0.1) is 0 Å². The van der Waals surface area contributed by atoms with Gasteiger partial charge >= 0.3 is 0 Å². The molecule has 0 unspecified atom stereocenters. The van der Waals surface area contributed by atoms with Crippen molar-refractivity contribution in [2.75, 3.05) is 19.6 Å². The number of fused-ring (bicyclic) bond motifs is 3. The van der Waals surface area contributed by atoms with Crippen molar-refractivity contribution < 1.29 is 0 Å². The molecule has 0 aromatic heterocycles. The number of aryl methyl sites for hydroxylation is 1. The van der Waals surface area contributed by atoms with Crippen LogP contribution < -0.4 is 10.6 Å². The first-order chi connectivity index (χ1) is 16.8. The number of hydrogen-bond acceptors (Lipinski definition) is 2. The lowest BCUT2D eigenvalue weighted by atomic mass is 9.49. The van der Waals surface area contributed by atoms with E-state index in [4.69, 9.17) is 12.2 Å². The van der Waals surface area contributed by atoms with Crippen LogP contribution in [0.3, 0.4) is 0 Å². The van der Waals surface area contributed by atoms with E-state index < -0.39 is 0 Å². The van der Waals surface area contributed by atoms with Crippen molar-refractivity contribution in [2.24, 2.45) is 11.3 Å². The molecule has 35 heavy (non-hydrogen) atoms. The molecule has 1 saturated heterocycles. The van der Waals surface area contributed by atoms with Gasteiger partial charge in [-0.1, -0.05) is 65.2 Å². The molecule has 5 rings (SSSR count). The maximum Gasteiger partial charge on any atom is 0.166 e. The number of benzene rings is 1. The van der Waals surface area contributed by atoms with Gasteiger partial charge in [0, 0.05) is 18.6 Å². The van der Waals surface area contributed by atoms with Crippen LogP contribution in [0.15, 0.2) is 18.2 Å². The molecule has 1 aliphatic heterocycles. The van der Waals surface area contributed by atoms with Crippen molar-refractivity contribution >= 4 is 17.3 Å². The number of hydrogen-bond donors (Lipinski definition) is 2. The Bertz CT molecular complexity index is 906. The van der Waals surface area contributed by atoms with Crippen LogP contribution in [-0.4, -0.2) is 41.7 Å². The standard InChI is InChI=1S/C31H49N3S/c1-22(2)23-12-14-25-24(20-23)13-15-28-30(3,16-9-17-31(25,28)4)21-32-29(35)33-26-10-5-6-11-27(26)34-18-7-8-19-34/h12,14,20,22,26-28H,5-11,13,15-19,21H2,1-4H3,(H2,32,33,35)/t26-,27+,28+,30+,31-/m1/s1. The van der Waals surface area contributed by atoms with Crippen molar-refractivity contribution in [1.29, 1.82) is 0 Å². The maximum atomic E-state index is 5.92. The molecule has 3 nitrogen and oxygen atoms in total. The Balaban J connectivity index is 1.25. The minimum absolute atomic E-state index is 0.286. The van der Waals surface area contributed by atoms with Crippen LogP contribution in [0, 0.1) is 11.3 Å². The number of nitrogens with zero attached hydrogens (tertiary/aromatic N) is 1. The summed E-state index contributed by atoms with van der Waals surface area (Å²) in [6, 6.07) is 8.60. The number of rotatable bonds is 5. The van der Waals surface area contributed by atoms with Crippen LogP contribution in [0.25, 0.3) is 0 Å². The molecular weight excluding hydrogens is 446 g/mol. The Kier molecular flexibility index (Phi) is 7.53. The highest BCUT2D eigenvalue weighted by atomic mass is 32.1. The summed E-state index contributed by atoms with van der Waals surface area (Å²) in [5, 5.41) is 8.44. The van der Waals surface area contributed by atoms with E-state index in [0.717, 1.165) is 11.7 Å². The van der Waals surface area contributed by atoms with Gasteiger partial charge in [0.25, 0.3) is 0 Å². The smallest absolute Gasteiger partial charge is 0.166 e. The van der Waals surface area contributed by atoms with E-state index in [0.29, 0.717) is 23.9 Å². The third-order valence-corrected chi connectivity index (χ3v) is 10.7. The summed E-state index contributed by atoms with van der Waals surface area (Å²) in [5.41, 5.74) is 5.33. The zero-order chi connectivity index (χ0) is 24.6.